The summed E-state index contributed by atoms with van der Waals surface area (Å²) in [5.74, 6) is 0.992. The topological polar surface area (TPSA) is 55.6 Å². The van der Waals surface area contributed by atoms with E-state index in [1.807, 2.05) is 0 Å². The van der Waals surface area contributed by atoms with E-state index in [9.17, 15) is 4.79 Å². The molecule has 5 rings (SSSR count). The van der Waals surface area contributed by atoms with E-state index in [1.54, 1.807) is 0 Å². The molecule has 1 aromatic carbocycles. The molecular formula is C18H23BrN2O2. The fourth-order valence-corrected chi connectivity index (χ4v) is 5.51. The molecule has 1 aliphatic carbocycles. The number of hydrogen-bond donors (Lipinski definition) is 1. The van der Waals surface area contributed by atoms with E-state index in [4.69, 9.17) is 10.5 Å². The molecule has 3 heterocycles. The highest BCUT2D eigenvalue weighted by atomic mass is 79.9. The molecular weight excluding hydrogens is 356 g/mol. The molecule has 5 heteroatoms. The van der Waals surface area contributed by atoms with Crippen LogP contribution in [0.3, 0.4) is 0 Å². The summed E-state index contributed by atoms with van der Waals surface area (Å²) in [6.45, 7) is 3.38. The van der Waals surface area contributed by atoms with Crippen LogP contribution in [0.15, 0.2) is 22.7 Å². The van der Waals surface area contributed by atoms with E-state index in [2.05, 4.69) is 39.0 Å². The van der Waals surface area contributed by atoms with E-state index in [0.29, 0.717) is 11.8 Å². The molecule has 124 valence electrons. The summed E-state index contributed by atoms with van der Waals surface area (Å²) in [6, 6.07) is 6.37. The summed E-state index contributed by atoms with van der Waals surface area (Å²) in [7, 11) is 0. The van der Waals surface area contributed by atoms with Gasteiger partial charge in [0.05, 0.1) is 0 Å². The van der Waals surface area contributed by atoms with Crippen molar-refractivity contribution in [1.82, 2.24) is 4.90 Å². The number of nitrogens with two attached hydrogens (primary N) is 1. The van der Waals surface area contributed by atoms with Crippen LogP contribution in [0.2, 0.25) is 0 Å². The van der Waals surface area contributed by atoms with Gasteiger partial charge in [-0.15, -0.1) is 0 Å². The van der Waals surface area contributed by atoms with Gasteiger partial charge in [-0.1, -0.05) is 22.0 Å². The molecule has 2 N–H and O–H groups in total. The van der Waals surface area contributed by atoms with Gasteiger partial charge in [-0.2, -0.15) is 0 Å². The zero-order chi connectivity index (χ0) is 16.0. The SMILES string of the molecule is NC(=O)O[C@]1(C2CN3CCC2CC3)CCCc2cc(Br)ccc21. The lowest BCUT2D eigenvalue weighted by molar-refractivity contribution is -0.112. The minimum Gasteiger partial charge on any atom is -0.438 e. The first kappa shape index (κ1) is 15.5. The van der Waals surface area contributed by atoms with Gasteiger partial charge in [0.1, 0.15) is 5.60 Å². The fourth-order valence-electron chi connectivity index (χ4n) is 5.10. The first-order valence-corrected chi connectivity index (χ1v) is 9.37. The Kier molecular flexibility index (Phi) is 3.88. The summed E-state index contributed by atoms with van der Waals surface area (Å²) in [6.07, 6.45) is 4.75. The molecule has 4 aliphatic rings. The van der Waals surface area contributed by atoms with Gasteiger partial charge in [0.15, 0.2) is 0 Å². The zero-order valence-electron chi connectivity index (χ0n) is 13.3. The van der Waals surface area contributed by atoms with E-state index in [0.717, 1.165) is 30.3 Å². The highest BCUT2D eigenvalue weighted by Gasteiger charge is 2.52. The summed E-state index contributed by atoms with van der Waals surface area (Å²) >= 11 is 3.57. The van der Waals surface area contributed by atoms with Crippen molar-refractivity contribution < 1.29 is 9.53 Å². The van der Waals surface area contributed by atoms with Crippen molar-refractivity contribution in [3.63, 3.8) is 0 Å². The Balaban J connectivity index is 1.81. The van der Waals surface area contributed by atoms with Gasteiger partial charge in [-0.05, 0) is 74.4 Å². The molecule has 0 aromatic heterocycles. The number of piperidine rings is 3. The number of benzene rings is 1. The first-order valence-electron chi connectivity index (χ1n) is 8.58. The molecule has 0 radical (unpaired) electrons. The van der Waals surface area contributed by atoms with Gasteiger partial charge in [0.2, 0.25) is 0 Å². The van der Waals surface area contributed by atoms with Crippen molar-refractivity contribution in [2.24, 2.45) is 17.6 Å². The molecule has 3 aliphatic heterocycles. The molecule has 23 heavy (non-hydrogen) atoms. The Morgan fingerprint density at radius 1 is 1.35 bits per heavy atom. The van der Waals surface area contributed by atoms with E-state index < -0.39 is 11.7 Å². The van der Waals surface area contributed by atoms with Crippen molar-refractivity contribution in [1.29, 1.82) is 0 Å². The minimum absolute atomic E-state index is 0.359. The fraction of sp³-hybridized carbons (Fsp3) is 0.611. The van der Waals surface area contributed by atoms with Crippen LogP contribution in [-0.2, 0) is 16.8 Å². The number of amides is 1. The Labute approximate surface area is 145 Å². The number of halogens is 1. The maximum atomic E-state index is 11.8. The Hall–Kier alpha value is -1.07. The van der Waals surface area contributed by atoms with E-state index >= 15 is 0 Å². The second kappa shape index (κ2) is 5.78. The molecule has 1 unspecified atom stereocenters. The molecule has 2 atom stereocenters. The quantitative estimate of drug-likeness (QED) is 0.857. The van der Waals surface area contributed by atoms with Crippen LogP contribution in [-0.4, -0.2) is 30.6 Å². The summed E-state index contributed by atoms with van der Waals surface area (Å²) < 4.78 is 7.02. The Morgan fingerprint density at radius 3 is 2.78 bits per heavy atom. The smallest absolute Gasteiger partial charge is 0.405 e. The lowest BCUT2D eigenvalue weighted by Gasteiger charge is -2.53. The molecule has 0 spiro atoms. The van der Waals surface area contributed by atoms with Crippen molar-refractivity contribution in [2.75, 3.05) is 19.6 Å². The molecule has 3 saturated heterocycles. The number of aryl methyl sites for hydroxylation is 1. The maximum Gasteiger partial charge on any atom is 0.405 e. The number of nitrogens with zero attached hydrogens (tertiary/aromatic N) is 1. The second-order valence-corrected chi connectivity index (χ2v) is 8.13. The van der Waals surface area contributed by atoms with Crippen molar-refractivity contribution in [3.8, 4) is 0 Å². The molecule has 0 saturated carbocycles. The van der Waals surface area contributed by atoms with Crippen LogP contribution in [0, 0.1) is 11.8 Å². The third kappa shape index (κ3) is 2.58. The van der Waals surface area contributed by atoms with Crippen LogP contribution in [0.1, 0.15) is 36.8 Å². The predicted molar refractivity (Wildman–Crippen MR) is 92.1 cm³/mol. The largest absolute Gasteiger partial charge is 0.438 e. The monoisotopic (exact) mass is 378 g/mol. The zero-order valence-corrected chi connectivity index (χ0v) is 14.8. The Morgan fingerprint density at radius 2 is 2.13 bits per heavy atom. The molecule has 1 aromatic rings. The van der Waals surface area contributed by atoms with Crippen molar-refractivity contribution in [2.45, 2.75) is 37.7 Å². The first-order chi connectivity index (χ1) is 11.1. The predicted octanol–water partition coefficient (Wildman–Crippen LogP) is 3.42. The third-order valence-electron chi connectivity index (χ3n) is 6.06. The number of ether oxygens (including phenoxy) is 1. The summed E-state index contributed by atoms with van der Waals surface area (Å²) in [5.41, 5.74) is 7.46. The average molecular weight is 379 g/mol. The number of rotatable bonds is 2. The van der Waals surface area contributed by atoms with Gasteiger partial charge < -0.3 is 15.4 Å². The number of hydrogen-bond acceptors (Lipinski definition) is 3. The lowest BCUT2D eigenvalue weighted by Crippen LogP contribution is -2.57. The van der Waals surface area contributed by atoms with Crippen molar-refractivity contribution >= 4 is 22.0 Å². The number of primary amides is 1. The minimum atomic E-state index is -0.641. The van der Waals surface area contributed by atoms with Crippen LogP contribution < -0.4 is 5.73 Å². The standard InChI is InChI=1S/C18H23BrN2O2/c19-14-3-4-15-13(10-14)2-1-7-18(15,23-17(20)22)16-11-21-8-5-12(16)6-9-21/h3-4,10,12,16H,1-2,5-9,11H2,(H2,20,22)/t16?,18-/m1/s1. The third-order valence-corrected chi connectivity index (χ3v) is 6.55. The average Bonchev–Trinajstić information content (AvgIpc) is 2.55. The number of carbonyl (C=O) groups excluding carboxylic acids is 1. The van der Waals surface area contributed by atoms with Gasteiger partial charge in [-0.25, -0.2) is 4.79 Å². The number of fused-ring (bicyclic) bond motifs is 4. The molecule has 3 fully saturated rings. The van der Waals surface area contributed by atoms with Gasteiger partial charge in [-0.3, -0.25) is 0 Å². The highest BCUT2D eigenvalue weighted by Crippen LogP contribution is 2.51. The van der Waals surface area contributed by atoms with Crippen LogP contribution in [0.25, 0.3) is 0 Å². The van der Waals surface area contributed by atoms with Crippen molar-refractivity contribution in [3.05, 3.63) is 33.8 Å². The maximum absolute atomic E-state index is 11.8. The highest BCUT2D eigenvalue weighted by molar-refractivity contribution is 9.10. The normalized spacial score (nSPS) is 35.6. The summed E-state index contributed by atoms with van der Waals surface area (Å²) in [5, 5.41) is 0. The molecule has 1 amide bonds. The van der Waals surface area contributed by atoms with Crippen LogP contribution in [0.4, 0.5) is 4.79 Å². The van der Waals surface area contributed by atoms with Crippen LogP contribution >= 0.6 is 15.9 Å². The second-order valence-electron chi connectivity index (χ2n) is 7.21. The van der Waals surface area contributed by atoms with E-state index in [-0.39, 0.29) is 0 Å². The van der Waals surface area contributed by atoms with E-state index in [1.165, 1.54) is 37.1 Å². The number of carbonyl (C=O) groups is 1. The molecule has 2 bridgehead atoms. The van der Waals surface area contributed by atoms with Gasteiger partial charge in [0, 0.05) is 16.9 Å². The van der Waals surface area contributed by atoms with Gasteiger partial charge in [0.25, 0.3) is 0 Å². The van der Waals surface area contributed by atoms with Crippen LogP contribution in [0.5, 0.6) is 0 Å². The Bertz CT molecular complexity index is 627. The summed E-state index contributed by atoms with van der Waals surface area (Å²) in [4.78, 5) is 14.3. The molecule has 4 nitrogen and oxygen atoms in total. The lowest BCUT2D eigenvalue weighted by atomic mass is 9.63. The van der Waals surface area contributed by atoms with Gasteiger partial charge >= 0.3 is 6.09 Å².